The molecule has 1 nitrogen and oxygen atoms in total. The molecule has 7 heteroatoms. The van der Waals surface area contributed by atoms with Crippen molar-refractivity contribution in [2.45, 2.75) is 17.2 Å². The lowest BCUT2D eigenvalue weighted by Gasteiger charge is -2.22. The SMILES string of the molecule is COc1ccc(C(Br)C(F)(F)C(F)F)c(Cl)c1. The summed E-state index contributed by atoms with van der Waals surface area (Å²) in [6.07, 6.45) is -3.77. The minimum atomic E-state index is -4.20. The topological polar surface area (TPSA) is 9.23 Å². The van der Waals surface area contributed by atoms with Gasteiger partial charge >= 0.3 is 12.3 Å². The Labute approximate surface area is 109 Å². The predicted molar refractivity (Wildman–Crippen MR) is 60.6 cm³/mol. The highest BCUT2D eigenvalue weighted by Gasteiger charge is 2.48. The maximum atomic E-state index is 13.1. The average molecular weight is 336 g/mol. The lowest BCUT2D eigenvalue weighted by molar-refractivity contribution is -0.127. The Morgan fingerprint density at radius 1 is 1.35 bits per heavy atom. The number of halogens is 6. The summed E-state index contributed by atoms with van der Waals surface area (Å²) in [6.45, 7) is 0. The standard InChI is InChI=1S/C10H8BrClF4O/c1-17-5-2-3-6(7(12)4-5)8(11)10(15,16)9(13)14/h2-4,8-9H,1H3. The summed E-state index contributed by atoms with van der Waals surface area (Å²) in [5.74, 6) is -3.84. The van der Waals surface area contributed by atoms with Gasteiger partial charge in [-0.25, -0.2) is 8.78 Å². The zero-order valence-electron chi connectivity index (χ0n) is 8.56. The molecule has 0 saturated carbocycles. The Hall–Kier alpha value is -0.490. The number of hydrogen-bond acceptors (Lipinski definition) is 1. The minimum Gasteiger partial charge on any atom is -0.497 e. The quantitative estimate of drug-likeness (QED) is 0.573. The van der Waals surface area contributed by atoms with Gasteiger partial charge in [-0.1, -0.05) is 33.6 Å². The van der Waals surface area contributed by atoms with E-state index in [0.717, 1.165) is 0 Å². The van der Waals surface area contributed by atoms with Gasteiger partial charge in [-0.15, -0.1) is 0 Å². The Bertz CT molecular complexity index is 400. The van der Waals surface area contributed by atoms with Crippen LogP contribution in [0.4, 0.5) is 17.6 Å². The largest absolute Gasteiger partial charge is 0.497 e. The van der Waals surface area contributed by atoms with Gasteiger partial charge in [0.1, 0.15) is 10.6 Å². The molecule has 1 rings (SSSR count). The summed E-state index contributed by atoms with van der Waals surface area (Å²) in [6, 6.07) is 3.88. The summed E-state index contributed by atoms with van der Waals surface area (Å²) < 4.78 is 55.4. The second-order valence-electron chi connectivity index (χ2n) is 3.23. The van der Waals surface area contributed by atoms with Gasteiger partial charge in [0.25, 0.3) is 0 Å². The summed E-state index contributed by atoms with van der Waals surface area (Å²) >= 11 is 8.28. The van der Waals surface area contributed by atoms with Crippen molar-refractivity contribution >= 4 is 27.5 Å². The van der Waals surface area contributed by atoms with Crippen LogP contribution in [0, 0.1) is 0 Å². The Kier molecular flexibility index (Phi) is 4.66. The van der Waals surface area contributed by atoms with Gasteiger partial charge in [-0.3, -0.25) is 0 Å². The first-order valence-corrected chi connectivity index (χ1v) is 5.73. The summed E-state index contributed by atoms with van der Waals surface area (Å²) in [5, 5.41) is -0.0634. The minimum absolute atomic E-state index is 0.0634. The highest BCUT2D eigenvalue weighted by atomic mass is 79.9. The smallest absolute Gasteiger partial charge is 0.323 e. The van der Waals surface area contributed by atoms with Gasteiger partial charge in [0.2, 0.25) is 0 Å². The van der Waals surface area contributed by atoms with Crippen molar-refractivity contribution in [1.82, 2.24) is 0 Å². The van der Waals surface area contributed by atoms with Gasteiger partial charge in [0, 0.05) is 5.02 Å². The lowest BCUT2D eigenvalue weighted by Crippen LogP contribution is -2.31. The Morgan fingerprint density at radius 3 is 2.35 bits per heavy atom. The molecule has 0 aliphatic heterocycles. The first-order valence-electron chi connectivity index (χ1n) is 4.44. The normalized spacial score (nSPS) is 13.9. The van der Waals surface area contributed by atoms with Crippen LogP contribution < -0.4 is 4.74 Å². The molecule has 0 amide bonds. The fraction of sp³-hybridized carbons (Fsp3) is 0.400. The molecule has 96 valence electrons. The van der Waals surface area contributed by atoms with Crippen LogP contribution in [0.25, 0.3) is 0 Å². The van der Waals surface area contributed by atoms with Crippen LogP contribution >= 0.6 is 27.5 Å². The molecule has 0 aliphatic rings. The summed E-state index contributed by atoms with van der Waals surface area (Å²) in [4.78, 5) is -1.85. The molecule has 1 aromatic rings. The highest BCUT2D eigenvalue weighted by Crippen LogP contribution is 2.45. The van der Waals surface area contributed by atoms with E-state index in [9.17, 15) is 17.6 Å². The first kappa shape index (κ1) is 14.6. The van der Waals surface area contributed by atoms with E-state index in [1.54, 1.807) is 0 Å². The van der Waals surface area contributed by atoms with Crippen LogP contribution in [-0.4, -0.2) is 19.5 Å². The Morgan fingerprint density at radius 2 is 1.94 bits per heavy atom. The molecule has 17 heavy (non-hydrogen) atoms. The summed E-state index contributed by atoms with van der Waals surface area (Å²) in [5.41, 5.74) is -0.113. The van der Waals surface area contributed by atoms with Gasteiger partial charge in [-0.2, -0.15) is 8.78 Å². The molecule has 0 fully saturated rings. The molecular weight excluding hydrogens is 327 g/mol. The van der Waals surface area contributed by atoms with E-state index >= 15 is 0 Å². The number of hydrogen-bond donors (Lipinski definition) is 0. The lowest BCUT2D eigenvalue weighted by atomic mass is 10.1. The maximum Gasteiger partial charge on any atom is 0.323 e. The van der Waals surface area contributed by atoms with Crippen molar-refractivity contribution in [2.24, 2.45) is 0 Å². The van der Waals surface area contributed by atoms with E-state index < -0.39 is 17.2 Å². The van der Waals surface area contributed by atoms with E-state index in [1.807, 2.05) is 0 Å². The van der Waals surface area contributed by atoms with Gasteiger partial charge in [0.15, 0.2) is 0 Å². The molecule has 0 heterocycles. The molecule has 1 unspecified atom stereocenters. The van der Waals surface area contributed by atoms with Crippen LogP contribution in [0.15, 0.2) is 18.2 Å². The zero-order chi connectivity index (χ0) is 13.2. The van der Waals surface area contributed by atoms with Crippen LogP contribution in [-0.2, 0) is 0 Å². The number of ether oxygens (including phenoxy) is 1. The van der Waals surface area contributed by atoms with E-state index in [0.29, 0.717) is 5.75 Å². The van der Waals surface area contributed by atoms with Crippen molar-refractivity contribution in [3.63, 3.8) is 0 Å². The van der Waals surface area contributed by atoms with Crippen molar-refractivity contribution in [1.29, 1.82) is 0 Å². The third-order valence-electron chi connectivity index (χ3n) is 2.11. The van der Waals surface area contributed by atoms with Crippen molar-refractivity contribution in [3.05, 3.63) is 28.8 Å². The molecule has 0 aliphatic carbocycles. The number of benzene rings is 1. The molecular formula is C10H8BrClF4O. The van der Waals surface area contributed by atoms with Crippen LogP contribution in [0.5, 0.6) is 5.75 Å². The monoisotopic (exact) mass is 334 g/mol. The van der Waals surface area contributed by atoms with Crippen molar-refractivity contribution in [3.8, 4) is 5.75 Å². The third kappa shape index (κ3) is 3.04. The molecule has 1 aromatic carbocycles. The van der Waals surface area contributed by atoms with Crippen LogP contribution in [0.1, 0.15) is 10.4 Å². The average Bonchev–Trinajstić information content (AvgIpc) is 2.27. The molecule has 0 N–H and O–H groups in total. The fourth-order valence-corrected chi connectivity index (χ4v) is 2.17. The fourth-order valence-electron chi connectivity index (χ4n) is 1.16. The molecule has 0 spiro atoms. The van der Waals surface area contributed by atoms with Crippen molar-refractivity contribution in [2.75, 3.05) is 7.11 Å². The van der Waals surface area contributed by atoms with Gasteiger partial charge in [0.05, 0.1) is 7.11 Å². The third-order valence-corrected chi connectivity index (χ3v) is 3.54. The van der Waals surface area contributed by atoms with Crippen LogP contribution in [0.2, 0.25) is 5.02 Å². The van der Waals surface area contributed by atoms with Crippen molar-refractivity contribution < 1.29 is 22.3 Å². The van der Waals surface area contributed by atoms with Gasteiger partial charge < -0.3 is 4.74 Å². The number of rotatable bonds is 4. The Balaban J connectivity index is 3.08. The molecule has 1 atom stereocenters. The van der Waals surface area contributed by atoms with E-state index in [1.165, 1.54) is 25.3 Å². The highest BCUT2D eigenvalue weighted by molar-refractivity contribution is 9.09. The molecule has 0 aromatic heterocycles. The number of methoxy groups -OCH3 is 1. The van der Waals surface area contributed by atoms with Crippen LogP contribution in [0.3, 0.4) is 0 Å². The maximum absolute atomic E-state index is 13.1. The zero-order valence-corrected chi connectivity index (χ0v) is 10.9. The van der Waals surface area contributed by atoms with E-state index in [2.05, 4.69) is 15.9 Å². The molecule has 0 saturated heterocycles. The second-order valence-corrected chi connectivity index (χ2v) is 4.55. The van der Waals surface area contributed by atoms with Gasteiger partial charge in [-0.05, 0) is 17.7 Å². The summed E-state index contributed by atoms with van der Waals surface area (Å²) in [7, 11) is 1.38. The number of alkyl halides is 5. The second kappa shape index (κ2) is 5.44. The predicted octanol–water partition coefficient (Wildman–Crippen LogP) is 4.69. The van der Waals surface area contributed by atoms with E-state index in [4.69, 9.17) is 16.3 Å². The first-order chi connectivity index (χ1) is 7.80. The molecule has 0 radical (unpaired) electrons. The molecule has 0 bridgehead atoms. The van der Waals surface area contributed by atoms with E-state index in [-0.39, 0.29) is 10.6 Å².